The largest absolute Gasteiger partial charge is 0.506 e. The average molecular weight is 573 g/mol. The van der Waals surface area contributed by atoms with Crippen LogP contribution in [0.2, 0.25) is 0 Å². The number of hydrogen-bond acceptors (Lipinski definition) is 9. The highest BCUT2D eigenvalue weighted by Gasteiger charge is 2.69. The van der Waals surface area contributed by atoms with E-state index in [2.05, 4.69) is 6.92 Å². The summed E-state index contributed by atoms with van der Waals surface area (Å²) in [5, 5.41) is 67.4. The first-order chi connectivity index (χ1) is 19.3. The molecule has 3 aliphatic rings. The van der Waals surface area contributed by atoms with Crippen molar-refractivity contribution >= 4 is 22.5 Å². The topological polar surface area (TPSA) is 174 Å². The number of ketones is 1. The summed E-state index contributed by atoms with van der Waals surface area (Å²) >= 11 is 0. The molecule has 2 saturated carbocycles. The first kappa shape index (κ1) is 29.7. The summed E-state index contributed by atoms with van der Waals surface area (Å²) in [7, 11) is 0. The maximum atomic E-state index is 12.3. The molecule has 6 N–H and O–H groups in total. The highest BCUT2D eigenvalue weighted by atomic mass is 16.7. The predicted octanol–water partition coefficient (Wildman–Crippen LogP) is 3.44. The molecule has 8 atom stereocenters. The summed E-state index contributed by atoms with van der Waals surface area (Å²) < 4.78 is 12.1. The number of rotatable bonds is 8. The lowest BCUT2D eigenvalue weighted by Gasteiger charge is -2.59. The second kappa shape index (κ2) is 10.8. The van der Waals surface area contributed by atoms with E-state index in [-0.39, 0.29) is 45.9 Å². The molecule has 2 aromatic rings. The number of carbonyl (C=O) groups is 2. The third kappa shape index (κ3) is 4.79. The SMILES string of the molecule is CCCCC[C@H]1C[C@]2(O)[C@H](O[C@@H](Oc3cc(C(=O)O)cc4cc(C)c(C(C)=O)c(O)c34)[C@H](O)[C@H]2O)[C@@]2(O)CCC[C@@H]12. The molecule has 0 amide bonds. The molecule has 224 valence electrons. The Balaban J connectivity index is 1.55. The average Bonchev–Trinajstić information content (AvgIpc) is 3.30. The molecular weight excluding hydrogens is 532 g/mol. The normalized spacial score (nSPS) is 34.7. The van der Waals surface area contributed by atoms with Gasteiger partial charge >= 0.3 is 5.97 Å². The molecule has 0 spiro atoms. The van der Waals surface area contributed by atoms with Crippen LogP contribution in [0.5, 0.6) is 11.5 Å². The minimum absolute atomic E-state index is 0.0361. The van der Waals surface area contributed by atoms with Crippen LogP contribution in [0.1, 0.15) is 91.5 Å². The summed E-state index contributed by atoms with van der Waals surface area (Å²) in [5.41, 5.74) is -3.09. The number of benzene rings is 2. The molecule has 10 heteroatoms. The minimum Gasteiger partial charge on any atom is -0.506 e. The Morgan fingerprint density at radius 1 is 1.12 bits per heavy atom. The van der Waals surface area contributed by atoms with E-state index < -0.39 is 53.3 Å². The molecule has 2 aliphatic carbocycles. The Morgan fingerprint density at radius 3 is 2.51 bits per heavy atom. The number of aromatic hydroxyl groups is 1. The van der Waals surface area contributed by atoms with Crippen LogP contribution in [-0.4, -0.2) is 78.2 Å². The summed E-state index contributed by atoms with van der Waals surface area (Å²) in [6.45, 7) is 5.01. The van der Waals surface area contributed by atoms with Gasteiger partial charge in [-0.2, -0.15) is 0 Å². The maximum Gasteiger partial charge on any atom is 0.335 e. The van der Waals surface area contributed by atoms with Gasteiger partial charge in [-0.15, -0.1) is 0 Å². The molecule has 1 heterocycles. The van der Waals surface area contributed by atoms with Gasteiger partial charge in [0, 0.05) is 0 Å². The molecule has 0 bridgehead atoms. The number of phenolic OH excluding ortho intramolecular Hbond substituents is 1. The third-order valence-electron chi connectivity index (χ3n) is 9.58. The van der Waals surface area contributed by atoms with Crippen molar-refractivity contribution in [1.29, 1.82) is 0 Å². The predicted molar refractivity (Wildman–Crippen MR) is 148 cm³/mol. The van der Waals surface area contributed by atoms with Crippen molar-refractivity contribution in [3.8, 4) is 11.5 Å². The first-order valence-electron chi connectivity index (χ1n) is 14.5. The fourth-order valence-electron chi connectivity index (χ4n) is 7.75. The van der Waals surface area contributed by atoms with Gasteiger partial charge in [-0.1, -0.05) is 38.7 Å². The van der Waals surface area contributed by atoms with Gasteiger partial charge < -0.3 is 40.1 Å². The number of unbranched alkanes of at least 4 members (excludes halogenated alkanes) is 2. The van der Waals surface area contributed by atoms with Gasteiger partial charge in [0.05, 0.1) is 22.1 Å². The Hall–Kier alpha value is -2.76. The standard InChI is InChI=1S/C31H40O10/c1-4-5-6-8-17-14-31(39)26(35)25(34)28(41-29(31)30(38)10-7-9-20(17)30)40-21-13-19(27(36)37)12-18-11-15(2)22(16(3)32)24(33)23(18)21/h11-13,17,20,25-26,28-29,33-35,38-39H,4-10,14H2,1-3H3,(H,36,37)/t17-,20-,25+,26+,28+,29+,30+,31+/m0/s1. The molecule has 0 radical (unpaired) electrons. The van der Waals surface area contributed by atoms with Crippen molar-refractivity contribution in [3.05, 3.63) is 34.9 Å². The van der Waals surface area contributed by atoms with E-state index in [1.165, 1.54) is 13.0 Å². The van der Waals surface area contributed by atoms with Crippen LogP contribution >= 0.6 is 0 Å². The summed E-state index contributed by atoms with van der Waals surface area (Å²) in [6, 6.07) is 4.03. The highest BCUT2D eigenvalue weighted by Crippen LogP contribution is 2.57. The number of carboxylic acids is 1. The van der Waals surface area contributed by atoms with E-state index in [0.29, 0.717) is 12.0 Å². The zero-order valence-electron chi connectivity index (χ0n) is 23.7. The third-order valence-corrected chi connectivity index (χ3v) is 9.58. The summed E-state index contributed by atoms with van der Waals surface area (Å²) in [6.07, 6.45) is -0.666. The van der Waals surface area contributed by atoms with Crippen LogP contribution < -0.4 is 4.74 Å². The first-order valence-corrected chi connectivity index (χ1v) is 14.5. The van der Waals surface area contributed by atoms with Gasteiger partial charge in [0.1, 0.15) is 35.4 Å². The van der Waals surface area contributed by atoms with E-state index in [1.807, 2.05) is 0 Å². The Bertz CT molecular complexity index is 1360. The van der Waals surface area contributed by atoms with E-state index in [1.54, 1.807) is 13.0 Å². The molecular formula is C31H40O10. The van der Waals surface area contributed by atoms with Crippen molar-refractivity contribution < 1.29 is 49.7 Å². The number of fused-ring (bicyclic) bond motifs is 4. The molecule has 5 rings (SSSR count). The number of Topliss-reactive ketones (excluding diaryl/α,β-unsaturated/α-hetero) is 1. The van der Waals surface area contributed by atoms with Crippen molar-refractivity contribution in [2.45, 2.75) is 108 Å². The summed E-state index contributed by atoms with van der Waals surface area (Å²) in [4.78, 5) is 24.2. The van der Waals surface area contributed by atoms with Crippen molar-refractivity contribution in [2.75, 3.05) is 0 Å². The molecule has 0 unspecified atom stereocenters. The second-order valence-electron chi connectivity index (χ2n) is 12.2. The lowest BCUT2D eigenvalue weighted by atomic mass is 9.58. The van der Waals surface area contributed by atoms with Crippen LogP contribution in [0.15, 0.2) is 18.2 Å². The van der Waals surface area contributed by atoms with Gasteiger partial charge in [0.25, 0.3) is 0 Å². The Kier molecular flexibility index (Phi) is 7.84. The van der Waals surface area contributed by atoms with Crippen LogP contribution in [0.3, 0.4) is 0 Å². The van der Waals surface area contributed by atoms with Crippen LogP contribution in [-0.2, 0) is 4.74 Å². The molecule has 41 heavy (non-hydrogen) atoms. The molecule has 0 aromatic heterocycles. The quantitative estimate of drug-likeness (QED) is 0.203. The van der Waals surface area contributed by atoms with Crippen molar-refractivity contribution in [1.82, 2.24) is 0 Å². The van der Waals surface area contributed by atoms with Gasteiger partial charge in [-0.05, 0) is 74.4 Å². The fourth-order valence-corrected chi connectivity index (χ4v) is 7.75. The number of aromatic carboxylic acids is 1. The molecule has 10 nitrogen and oxygen atoms in total. The number of aliphatic hydroxyl groups excluding tert-OH is 2. The van der Waals surface area contributed by atoms with E-state index >= 15 is 0 Å². The van der Waals surface area contributed by atoms with E-state index in [0.717, 1.165) is 44.6 Å². The zero-order valence-corrected chi connectivity index (χ0v) is 23.7. The number of carboxylic acid groups (broad SMARTS) is 1. The Labute approximate surface area is 238 Å². The van der Waals surface area contributed by atoms with Crippen molar-refractivity contribution in [3.63, 3.8) is 0 Å². The number of ether oxygens (including phenoxy) is 2. The van der Waals surface area contributed by atoms with Gasteiger partial charge in [-0.25, -0.2) is 4.79 Å². The molecule has 1 aliphatic heterocycles. The van der Waals surface area contributed by atoms with E-state index in [9.17, 15) is 40.2 Å². The smallest absolute Gasteiger partial charge is 0.335 e. The number of hydrogen-bond donors (Lipinski definition) is 6. The van der Waals surface area contributed by atoms with Crippen LogP contribution in [0, 0.1) is 18.8 Å². The lowest BCUT2D eigenvalue weighted by molar-refractivity contribution is -0.361. The second-order valence-corrected chi connectivity index (χ2v) is 12.2. The van der Waals surface area contributed by atoms with Crippen molar-refractivity contribution in [2.24, 2.45) is 11.8 Å². The number of aryl methyl sites for hydroxylation is 1. The number of aliphatic hydroxyl groups is 4. The van der Waals surface area contributed by atoms with Gasteiger partial charge in [0.2, 0.25) is 6.29 Å². The van der Waals surface area contributed by atoms with Crippen LogP contribution in [0.25, 0.3) is 10.8 Å². The van der Waals surface area contributed by atoms with Gasteiger partial charge in [0.15, 0.2) is 5.78 Å². The highest BCUT2D eigenvalue weighted by molar-refractivity contribution is 6.08. The summed E-state index contributed by atoms with van der Waals surface area (Å²) in [5.74, 6) is -2.49. The van der Waals surface area contributed by atoms with Gasteiger partial charge in [-0.3, -0.25) is 4.79 Å². The molecule has 3 fully saturated rings. The monoisotopic (exact) mass is 572 g/mol. The van der Waals surface area contributed by atoms with E-state index in [4.69, 9.17) is 9.47 Å². The minimum atomic E-state index is -1.93. The molecule has 1 saturated heterocycles. The zero-order chi connectivity index (χ0) is 29.9. The fraction of sp³-hybridized carbons (Fsp3) is 0.613. The maximum absolute atomic E-state index is 12.3. The number of carbonyl (C=O) groups excluding carboxylic acids is 1. The molecule has 2 aromatic carbocycles. The lowest BCUT2D eigenvalue weighted by Crippen LogP contribution is -2.76. The van der Waals surface area contributed by atoms with Crippen LogP contribution in [0.4, 0.5) is 0 Å². The Morgan fingerprint density at radius 2 is 1.85 bits per heavy atom. The number of phenols is 1.